The molecule has 0 saturated carbocycles. The lowest BCUT2D eigenvalue weighted by atomic mass is 9.97. The first-order valence-corrected chi connectivity index (χ1v) is 17.5. The van der Waals surface area contributed by atoms with Crippen LogP contribution in [0.2, 0.25) is 0 Å². The maximum absolute atomic E-state index is 13.4. The van der Waals surface area contributed by atoms with Crippen molar-refractivity contribution in [2.75, 3.05) is 20.3 Å². The second kappa shape index (κ2) is 17.6. The van der Waals surface area contributed by atoms with Gasteiger partial charge in [-0.25, -0.2) is 13.6 Å². The van der Waals surface area contributed by atoms with E-state index in [9.17, 15) is 23.8 Å². The molecule has 0 aliphatic carbocycles. The van der Waals surface area contributed by atoms with Crippen molar-refractivity contribution in [1.82, 2.24) is 14.5 Å². The van der Waals surface area contributed by atoms with E-state index in [1.807, 2.05) is 48.5 Å². The molecule has 3 heterocycles. The SMILES string of the molecule is C=C(C)C.CC.CC.CCO.COc1cc(/C=C2\CC(OS(F)(F)(F)(F)F)CN3C2=NOC3c2ccc(F)cc2)ccc1-n1cnc(C)c1. The van der Waals surface area contributed by atoms with Gasteiger partial charge >= 0.3 is 10.5 Å². The Morgan fingerprint density at radius 3 is 2.12 bits per heavy atom. The average Bonchev–Trinajstić information content (AvgIpc) is 3.64. The highest BCUT2D eigenvalue weighted by molar-refractivity contribution is 8.42. The molecule has 2 aliphatic rings. The lowest BCUT2D eigenvalue weighted by Gasteiger charge is -2.44. The van der Waals surface area contributed by atoms with E-state index in [1.54, 1.807) is 42.2 Å². The van der Waals surface area contributed by atoms with Crippen molar-refractivity contribution in [3.63, 3.8) is 0 Å². The first-order chi connectivity index (χ1) is 22.8. The van der Waals surface area contributed by atoms with E-state index in [2.05, 4.69) is 20.9 Å². The molecule has 3 aromatic rings. The van der Waals surface area contributed by atoms with Gasteiger partial charge in [-0.15, -0.1) is 6.58 Å². The van der Waals surface area contributed by atoms with Crippen LogP contribution in [-0.4, -0.2) is 51.8 Å². The van der Waals surface area contributed by atoms with Crippen LogP contribution in [0.5, 0.6) is 5.75 Å². The molecule has 5 rings (SSSR count). The number of amidine groups is 1. The van der Waals surface area contributed by atoms with Gasteiger partial charge in [-0.1, -0.05) is 76.1 Å². The lowest BCUT2D eigenvalue weighted by Crippen LogP contribution is -2.45. The van der Waals surface area contributed by atoms with Gasteiger partial charge in [0.1, 0.15) is 17.7 Å². The van der Waals surface area contributed by atoms with Gasteiger partial charge in [-0.3, -0.25) is 0 Å². The van der Waals surface area contributed by atoms with E-state index in [4.69, 9.17) is 14.7 Å². The van der Waals surface area contributed by atoms with E-state index in [0.29, 0.717) is 22.6 Å². The Balaban J connectivity index is 0.000000973. The summed E-state index contributed by atoms with van der Waals surface area (Å²) in [7, 11) is -8.75. The van der Waals surface area contributed by atoms with Crippen LogP contribution in [-0.2, 0) is 9.02 Å². The van der Waals surface area contributed by atoms with Crippen molar-refractivity contribution in [2.24, 2.45) is 5.16 Å². The van der Waals surface area contributed by atoms with Gasteiger partial charge in [0.25, 0.3) is 0 Å². The Kier molecular flexibility index (Phi) is 15.5. The van der Waals surface area contributed by atoms with Crippen LogP contribution in [0.4, 0.5) is 23.8 Å². The summed E-state index contributed by atoms with van der Waals surface area (Å²) in [5.74, 6) is 0.0742. The number of oxime groups is 1. The molecule has 2 aromatic carbocycles. The third-order valence-electron chi connectivity index (χ3n) is 5.94. The van der Waals surface area contributed by atoms with E-state index >= 15 is 0 Å². The van der Waals surface area contributed by atoms with Crippen molar-refractivity contribution in [3.8, 4) is 11.4 Å². The van der Waals surface area contributed by atoms with Crippen molar-refractivity contribution in [2.45, 2.75) is 74.1 Å². The number of rotatable bonds is 6. The first-order valence-electron chi connectivity index (χ1n) is 15.6. The largest absolute Gasteiger partial charge is 0.495 e. The number of hydrogen-bond acceptors (Lipinski definition) is 7. The fraction of sp³-hybridized carbons (Fsp3) is 0.412. The smallest absolute Gasteiger partial charge is 0.397 e. The Hall–Kier alpha value is -3.95. The summed E-state index contributed by atoms with van der Waals surface area (Å²) >= 11 is 0. The van der Waals surface area contributed by atoms with E-state index < -0.39 is 41.6 Å². The summed E-state index contributed by atoms with van der Waals surface area (Å²) in [5, 5.41) is 11.6. The second-order valence-corrected chi connectivity index (χ2v) is 12.4. The highest BCUT2D eigenvalue weighted by Crippen LogP contribution is 2.99. The summed E-state index contributed by atoms with van der Waals surface area (Å²) < 4.78 is 90.6. The van der Waals surface area contributed by atoms with Crippen LogP contribution in [0.1, 0.15) is 77.9 Å². The lowest BCUT2D eigenvalue weighted by molar-refractivity contribution is -0.0131. The zero-order chi connectivity index (χ0) is 37.6. The molecule has 0 radical (unpaired) electrons. The Bertz CT molecular complexity index is 1560. The minimum Gasteiger partial charge on any atom is -0.495 e. The van der Waals surface area contributed by atoms with Gasteiger partial charge in [0.05, 0.1) is 31.4 Å². The number of fused-ring (bicyclic) bond motifs is 1. The van der Waals surface area contributed by atoms with E-state index in [-0.39, 0.29) is 18.0 Å². The van der Waals surface area contributed by atoms with Gasteiger partial charge in [0.15, 0.2) is 5.84 Å². The second-order valence-electron chi connectivity index (χ2n) is 10.4. The van der Waals surface area contributed by atoms with E-state index in [1.165, 1.54) is 35.8 Å². The summed E-state index contributed by atoms with van der Waals surface area (Å²) in [4.78, 5) is 10.9. The number of piperidine rings is 1. The maximum Gasteiger partial charge on any atom is 0.397 e. The van der Waals surface area contributed by atoms with Crippen molar-refractivity contribution < 1.29 is 42.7 Å². The fourth-order valence-electron chi connectivity index (χ4n) is 4.43. The van der Waals surface area contributed by atoms with Crippen molar-refractivity contribution >= 4 is 22.4 Å². The zero-order valence-electron chi connectivity index (χ0n) is 29.4. The monoisotopic (exact) mass is 722 g/mol. The molecule has 2 aliphatic heterocycles. The molecule has 1 N–H and O–H groups in total. The van der Waals surface area contributed by atoms with Gasteiger partial charge in [-0.05, 0) is 63.6 Å². The van der Waals surface area contributed by atoms with Crippen molar-refractivity contribution in [3.05, 3.63) is 95.4 Å². The highest BCUT2D eigenvalue weighted by atomic mass is 32.5. The molecular formula is C34H48F6N4O4S. The highest BCUT2D eigenvalue weighted by Gasteiger charge is 2.67. The molecule has 2 unspecified atom stereocenters. The number of ether oxygens (including phenoxy) is 1. The Morgan fingerprint density at radius 1 is 1.06 bits per heavy atom. The topological polar surface area (TPSA) is 81.3 Å². The van der Waals surface area contributed by atoms with Crippen LogP contribution in [0, 0.1) is 12.7 Å². The number of hydrogen-bond donors (Lipinski definition) is 1. The van der Waals surface area contributed by atoms with Crippen LogP contribution >= 0.6 is 10.5 Å². The third kappa shape index (κ3) is 14.2. The maximum atomic E-state index is 13.4. The molecule has 276 valence electrons. The standard InChI is InChI=1S/C24H22F6N4O3S.C4H8.C2H6O.2C2H6/c1-15-12-33(14-31-15)21-8-3-16(10-22(21)35-2)9-18-11-20(37-38(26,27,28,29)30)13-34-23(18)32-36-24(34)17-4-6-19(25)7-5-17;1-4(2)3;1-2-3;2*1-2/h3-10,12,14,20,24H,11,13H2,1-2H3;1H2,2-3H3;3H,2H2,1H3;2*1-2H3/b18-9+;;;;. The first kappa shape index (κ1) is 43.1. The molecule has 2 atom stereocenters. The van der Waals surface area contributed by atoms with E-state index in [0.717, 1.165) is 17.8 Å². The molecular weight excluding hydrogens is 674 g/mol. The number of nitrogens with zero attached hydrogens (tertiary/aromatic N) is 4. The summed E-state index contributed by atoms with van der Waals surface area (Å²) in [6.45, 7) is 18.7. The molecule has 0 bridgehead atoms. The normalized spacial score (nSPS) is 18.5. The zero-order valence-corrected chi connectivity index (χ0v) is 30.2. The number of aliphatic hydroxyl groups excluding tert-OH is 1. The van der Waals surface area contributed by atoms with Crippen LogP contribution < -0.4 is 4.74 Å². The quantitative estimate of drug-likeness (QED) is 0.202. The molecule has 1 saturated heterocycles. The summed E-state index contributed by atoms with van der Waals surface area (Å²) in [6, 6.07) is 10.1. The third-order valence-corrected chi connectivity index (χ3v) is 6.57. The number of aliphatic hydroxyl groups is 1. The summed E-state index contributed by atoms with van der Waals surface area (Å²) in [5.41, 5.74) is 3.68. The average molecular weight is 723 g/mol. The number of aromatic nitrogens is 2. The van der Waals surface area contributed by atoms with Crippen molar-refractivity contribution in [1.29, 1.82) is 0 Å². The molecule has 1 aromatic heterocycles. The van der Waals surface area contributed by atoms with Crippen LogP contribution in [0.3, 0.4) is 0 Å². The molecule has 0 amide bonds. The number of halogens is 6. The predicted octanol–water partition coefficient (Wildman–Crippen LogP) is 10.7. The molecule has 0 spiro atoms. The molecule has 1 fully saturated rings. The minimum absolute atomic E-state index is 0.162. The van der Waals surface area contributed by atoms with Gasteiger partial charge in [0, 0.05) is 30.4 Å². The fourth-order valence-corrected chi connectivity index (χ4v) is 5.07. The molecule has 15 heteroatoms. The number of imidazole rings is 1. The van der Waals surface area contributed by atoms with Gasteiger partial charge in [-0.2, -0.15) is 0 Å². The molecule has 8 nitrogen and oxygen atoms in total. The van der Waals surface area contributed by atoms with Crippen LogP contribution in [0.25, 0.3) is 11.8 Å². The number of allylic oxidation sites excluding steroid dienone is 1. The van der Waals surface area contributed by atoms with Crippen LogP contribution in [0.15, 0.2) is 77.9 Å². The number of aryl methyl sites for hydroxylation is 1. The minimum atomic E-state index is -10.2. The van der Waals surface area contributed by atoms with Gasteiger partial charge in [0.2, 0.25) is 6.23 Å². The molecule has 49 heavy (non-hydrogen) atoms. The Labute approximate surface area is 285 Å². The summed E-state index contributed by atoms with van der Waals surface area (Å²) in [6.07, 6.45) is 1.39. The number of benzene rings is 2. The number of methoxy groups -OCH3 is 1. The Morgan fingerprint density at radius 2 is 1.63 bits per heavy atom. The van der Waals surface area contributed by atoms with Gasteiger partial charge < -0.3 is 24.1 Å². The predicted molar refractivity (Wildman–Crippen MR) is 186 cm³/mol.